The summed E-state index contributed by atoms with van der Waals surface area (Å²) >= 11 is 3.17. The number of ether oxygens (including phenoxy) is 1. The van der Waals surface area contributed by atoms with Gasteiger partial charge in [-0.05, 0) is 31.5 Å². The van der Waals surface area contributed by atoms with Gasteiger partial charge in [0.15, 0.2) is 0 Å². The van der Waals surface area contributed by atoms with E-state index < -0.39 is 5.82 Å². The summed E-state index contributed by atoms with van der Waals surface area (Å²) in [4.78, 5) is 13.8. The fourth-order valence-corrected chi connectivity index (χ4v) is 2.57. The predicted molar refractivity (Wildman–Crippen MR) is 70.0 cm³/mol. The van der Waals surface area contributed by atoms with E-state index >= 15 is 0 Å². The first kappa shape index (κ1) is 13.5. The van der Waals surface area contributed by atoms with E-state index in [4.69, 9.17) is 4.74 Å². The Balaban J connectivity index is 2.20. The molecule has 1 saturated heterocycles. The molecule has 0 bridgehead atoms. The number of likely N-dealkylation sites (N-methyl/N-ethyl adjacent to an activating group) is 1. The topological polar surface area (TPSA) is 29.5 Å². The molecule has 0 saturated carbocycles. The lowest BCUT2D eigenvalue weighted by Gasteiger charge is -2.27. The van der Waals surface area contributed by atoms with Crippen LogP contribution in [0.15, 0.2) is 22.7 Å². The Bertz CT molecular complexity index is 466. The summed E-state index contributed by atoms with van der Waals surface area (Å²) in [6, 6.07) is 4.48. The average molecular weight is 316 g/mol. The lowest BCUT2D eigenvalue weighted by Crippen LogP contribution is -2.41. The Morgan fingerprint density at radius 1 is 1.56 bits per heavy atom. The molecule has 2 unspecified atom stereocenters. The number of carbonyl (C=O) groups is 1. The molecule has 5 heteroatoms. The van der Waals surface area contributed by atoms with Crippen molar-refractivity contribution in [3.63, 3.8) is 0 Å². The number of carbonyl (C=O) groups excluding carboxylic acids is 1. The summed E-state index contributed by atoms with van der Waals surface area (Å²) in [5.41, 5.74) is 0.0970. The molecule has 1 aromatic rings. The number of hydrogen-bond donors (Lipinski definition) is 0. The van der Waals surface area contributed by atoms with Crippen LogP contribution in [-0.4, -0.2) is 36.6 Å². The van der Waals surface area contributed by atoms with Crippen molar-refractivity contribution in [2.75, 3.05) is 13.7 Å². The second-order valence-electron chi connectivity index (χ2n) is 4.47. The van der Waals surface area contributed by atoms with Crippen LogP contribution in [0.25, 0.3) is 0 Å². The van der Waals surface area contributed by atoms with Gasteiger partial charge in [-0.2, -0.15) is 0 Å². The van der Waals surface area contributed by atoms with Crippen LogP contribution in [-0.2, 0) is 4.74 Å². The number of hydrogen-bond acceptors (Lipinski definition) is 2. The van der Waals surface area contributed by atoms with E-state index in [9.17, 15) is 9.18 Å². The second-order valence-corrected chi connectivity index (χ2v) is 5.39. The Kier molecular flexibility index (Phi) is 4.02. The normalized spacial score (nSPS) is 23.1. The lowest BCUT2D eigenvalue weighted by molar-refractivity contribution is 0.0571. The van der Waals surface area contributed by atoms with Crippen molar-refractivity contribution in [1.29, 1.82) is 0 Å². The Morgan fingerprint density at radius 2 is 2.28 bits per heavy atom. The van der Waals surface area contributed by atoms with E-state index in [1.807, 2.05) is 6.92 Å². The number of nitrogens with zero attached hydrogens (tertiary/aromatic N) is 1. The summed E-state index contributed by atoms with van der Waals surface area (Å²) in [5.74, 6) is -0.810. The molecule has 1 amide bonds. The largest absolute Gasteiger partial charge is 0.376 e. The molecule has 0 N–H and O–H groups in total. The van der Waals surface area contributed by atoms with Crippen LogP contribution in [0.2, 0.25) is 0 Å². The van der Waals surface area contributed by atoms with Gasteiger partial charge in [-0.25, -0.2) is 4.39 Å². The summed E-state index contributed by atoms with van der Waals surface area (Å²) in [5, 5.41) is 0. The van der Waals surface area contributed by atoms with Crippen LogP contribution in [0.1, 0.15) is 23.7 Å². The highest BCUT2D eigenvalue weighted by atomic mass is 79.9. The van der Waals surface area contributed by atoms with E-state index in [2.05, 4.69) is 15.9 Å². The third-order valence-corrected chi connectivity index (χ3v) is 3.81. The van der Waals surface area contributed by atoms with Gasteiger partial charge in [-0.3, -0.25) is 4.79 Å². The van der Waals surface area contributed by atoms with Crippen LogP contribution in [0.5, 0.6) is 0 Å². The van der Waals surface area contributed by atoms with Gasteiger partial charge in [0.05, 0.1) is 17.7 Å². The summed E-state index contributed by atoms with van der Waals surface area (Å²) in [6.07, 6.45) is 0.791. The number of halogens is 2. The molecule has 0 radical (unpaired) electrons. The van der Waals surface area contributed by atoms with Crippen LogP contribution in [0.4, 0.5) is 4.39 Å². The Hall–Kier alpha value is -0.940. The van der Waals surface area contributed by atoms with Crippen molar-refractivity contribution in [2.45, 2.75) is 25.5 Å². The van der Waals surface area contributed by atoms with Crippen LogP contribution in [0, 0.1) is 5.82 Å². The van der Waals surface area contributed by atoms with Crippen molar-refractivity contribution in [1.82, 2.24) is 4.90 Å². The standard InChI is InChI=1S/C13H15BrFNO2/c1-8-12(5-6-18-8)16(2)13(17)10-4-3-9(14)7-11(10)15/h3-4,7-8,12H,5-6H2,1-2H3. The molecule has 1 heterocycles. The molecule has 1 aromatic carbocycles. The highest BCUT2D eigenvalue weighted by Gasteiger charge is 2.31. The molecular formula is C13H15BrFNO2. The zero-order chi connectivity index (χ0) is 13.3. The summed E-state index contributed by atoms with van der Waals surface area (Å²) in [7, 11) is 1.69. The maximum atomic E-state index is 13.7. The Morgan fingerprint density at radius 3 is 2.83 bits per heavy atom. The quantitative estimate of drug-likeness (QED) is 0.840. The molecular weight excluding hydrogens is 301 g/mol. The minimum absolute atomic E-state index is 0.00235. The molecule has 1 aliphatic rings. The van der Waals surface area contributed by atoms with Gasteiger partial charge >= 0.3 is 0 Å². The van der Waals surface area contributed by atoms with Gasteiger partial charge in [-0.1, -0.05) is 15.9 Å². The molecule has 2 rings (SSSR count). The molecule has 18 heavy (non-hydrogen) atoms. The monoisotopic (exact) mass is 315 g/mol. The fourth-order valence-electron chi connectivity index (χ4n) is 2.23. The Labute approximate surface area is 114 Å². The lowest BCUT2D eigenvalue weighted by atomic mass is 10.1. The molecule has 1 fully saturated rings. The van der Waals surface area contributed by atoms with Crippen molar-refractivity contribution in [3.8, 4) is 0 Å². The van der Waals surface area contributed by atoms with Crippen molar-refractivity contribution in [3.05, 3.63) is 34.1 Å². The van der Waals surface area contributed by atoms with Gasteiger partial charge in [0, 0.05) is 18.1 Å². The highest BCUT2D eigenvalue weighted by molar-refractivity contribution is 9.10. The fraction of sp³-hybridized carbons (Fsp3) is 0.462. The van der Waals surface area contributed by atoms with Crippen molar-refractivity contribution in [2.24, 2.45) is 0 Å². The van der Waals surface area contributed by atoms with E-state index in [1.165, 1.54) is 12.1 Å². The van der Waals surface area contributed by atoms with E-state index in [0.29, 0.717) is 11.1 Å². The smallest absolute Gasteiger partial charge is 0.256 e. The van der Waals surface area contributed by atoms with E-state index in [0.717, 1.165) is 6.42 Å². The molecule has 98 valence electrons. The zero-order valence-corrected chi connectivity index (χ0v) is 11.9. The minimum Gasteiger partial charge on any atom is -0.376 e. The maximum absolute atomic E-state index is 13.7. The molecule has 0 aromatic heterocycles. The third kappa shape index (κ3) is 2.57. The maximum Gasteiger partial charge on any atom is 0.256 e. The predicted octanol–water partition coefficient (Wildman–Crippen LogP) is 2.84. The van der Waals surface area contributed by atoms with Gasteiger partial charge in [-0.15, -0.1) is 0 Å². The van der Waals surface area contributed by atoms with Gasteiger partial charge in [0.25, 0.3) is 5.91 Å². The number of benzene rings is 1. The van der Waals surface area contributed by atoms with E-state index in [-0.39, 0.29) is 23.6 Å². The average Bonchev–Trinajstić information content (AvgIpc) is 2.74. The first-order valence-electron chi connectivity index (χ1n) is 5.84. The number of amides is 1. The van der Waals surface area contributed by atoms with Gasteiger partial charge in [0.1, 0.15) is 5.82 Å². The first-order chi connectivity index (χ1) is 8.50. The summed E-state index contributed by atoms with van der Waals surface area (Å²) < 4.78 is 19.8. The van der Waals surface area contributed by atoms with E-state index in [1.54, 1.807) is 18.0 Å². The van der Waals surface area contributed by atoms with Crippen LogP contribution < -0.4 is 0 Å². The molecule has 3 nitrogen and oxygen atoms in total. The zero-order valence-electron chi connectivity index (χ0n) is 10.3. The van der Waals surface area contributed by atoms with Crippen molar-refractivity contribution < 1.29 is 13.9 Å². The highest BCUT2D eigenvalue weighted by Crippen LogP contribution is 2.22. The summed E-state index contributed by atoms with van der Waals surface area (Å²) in [6.45, 7) is 2.58. The van der Waals surface area contributed by atoms with Gasteiger partial charge in [0.2, 0.25) is 0 Å². The first-order valence-corrected chi connectivity index (χ1v) is 6.64. The molecule has 1 aliphatic heterocycles. The minimum atomic E-state index is -0.507. The van der Waals surface area contributed by atoms with Gasteiger partial charge < -0.3 is 9.64 Å². The van der Waals surface area contributed by atoms with Crippen molar-refractivity contribution >= 4 is 21.8 Å². The van der Waals surface area contributed by atoms with Crippen LogP contribution >= 0.6 is 15.9 Å². The van der Waals surface area contributed by atoms with Crippen LogP contribution in [0.3, 0.4) is 0 Å². The second kappa shape index (κ2) is 5.36. The molecule has 2 atom stereocenters. The third-order valence-electron chi connectivity index (χ3n) is 3.32. The SMILES string of the molecule is CC1OCCC1N(C)C(=O)c1ccc(Br)cc1F. The molecule has 0 spiro atoms. The number of rotatable bonds is 2. The molecule has 0 aliphatic carbocycles.